The summed E-state index contributed by atoms with van der Waals surface area (Å²) in [6, 6.07) is 0. The van der Waals surface area contributed by atoms with Gasteiger partial charge in [0.2, 0.25) is 0 Å². The van der Waals surface area contributed by atoms with E-state index in [0.717, 1.165) is 44.0 Å². The minimum absolute atomic E-state index is 0.263. The SMILES string of the molecule is CCCNCCCc1ncc(CC(C)(C)C)o1. The van der Waals surface area contributed by atoms with Crippen LogP contribution in [0.25, 0.3) is 0 Å². The van der Waals surface area contributed by atoms with Gasteiger partial charge in [-0.05, 0) is 31.3 Å². The van der Waals surface area contributed by atoms with Gasteiger partial charge in [0.15, 0.2) is 5.89 Å². The van der Waals surface area contributed by atoms with Crippen molar-refractivity contribution in [2.75, 3.05) is 13.1 Å². The second-order valence-electron chi connectivity index (χ2n) is 5.81. The highest BCUT2D eigenvalue weighted by molar-refractivity contribution is 4.97. The van der Waals surface area contributed by atoms with Gasteiger partial charge in [-0.15, -0.1) is 0 Å². The molecule has 3 nitrogen and oxygen atoms in total. The maximum absolute atomic E-state index is 5.73. The molecule has 0 saturated heterocycles. The Kier molecular flexibility index (Phi) is 5.69. The predicted octanol–water partition coefficient (Wildman–Crippen LogP) is 3.20. The van der Waals surface area contributed by atoms with Crippen molar-refractivity contribution in [3.05, 3.63) is 17.8 Å². The Morgan fingerprint density at radius 2 is 2.06 bits per heavy atom. The standard InChI is InChI=1S/C14H26N2O/c1-5-8-15-9-6-7-13-16-11-12(17-13)10-14(2,3)4/h11,15H,5-10H2,1-4H3. The molecule has 0 atom stereocenters. The smallest absolute Gasteiger partial charge is 0.194 e. The lowest BCUT2D eigenvalue weighted by Gasteiger charge is -2.15. The van der Waals surface area contributed by atoms with E-state index in [1.54, 1.807) is 0 Å². The van der Waals surface area contributed by atoms with Gasteiger partial charge in [0.1, 0.15) is 5.76 Å². The zero-order valence-corrected chi connectivity index (χ0v) is 11.7. The average molecular weight is 238 g/mol. The molecule has 1 rings (SSSR count). The third kappa shape index (κ3) is 6.47. The van der Waals surface area contributed by atoms with Crippen LogP contribution < -0.4 is 5.32 Å². The van der Waals surface area contributed by atoms with Crippen LogP contribution in [0.5, 0.6) is 0 Å². The number of oxazole rings is 1. The highest BCUT2D eigenvalue weighted by Crippen LogP contribution is 2.21. The van der Waals surface area contributed by atoms with Crippen LogP contribution in [0.15, 0.2) is 10.6 Å². The molecule has 0 aliphatic rings. The van der Waals surface area contributed by atoms with Crippen LogP contribution in [0.1, 0.15) is 52.2 Å². The van der Waals surface area contributed by atoms with Gasteiger partial charge in [0.25, 0.3) is 0 Å². The Morgan fingerprint density at radius 1 is 1.29 bits per heavy atom. The lowest BCUT2D eigenvalue weighted by atomic mass is 9.91. The number of nitrogens with one attached hydrogen (secondary N) is 1. The van der Waals surface area contributed by atoms with E-state index in [-0.39, 0.29) is 5.41 Å². The maximum Gasteiger partial charge on any atom is 0.194 e. The summed E-state index contributed by atoms with van der Waals surface area (Å²) in [6.45, 7) is 11.0. The molecule has 17 heavy (non-hydrogen) atoms. The lowest BCUT2D eigenvalue weighted by Crippen LogP contribution is -2.16. The van der Waals surface area contributed by atoms with Crippen LogP contribution in [-0.4, -0.2) is 18.1 Å². The van der Waals surface area contributed by atoms with E-state index in [1.807, 2.05) is 6.20 Å². The van der Waals surface area contributed by atoms with Crippen molar-refractivity contribution in [3.63, 3.8) is 0 Å². The van der Waals surface area contributed by atoms with Crippen molar-refractivity contribution in [3.8, 4) is 0 Å². The van der Waals surface area contributed by atoms with Gasteiger partial charge in [-0.3, -0.25) is 0 Å². The molecule has 0 saturated carbocycles. The molecule has 0 bridgehead atoms. The van der Waals surface area contributed by atoms with Crippen LogP contribution in [0.3, 0.4) is 0 Å². The van der Waals surface area contributed by atoms with Gasteiger partial charge in [-0.1, -0.05) is 27.7 Å². The Bertz CT molecular complexity index is 312. The van der Waals surface area contributed by atoms with Gasteiger partial charge in [0.05, 0.1) is 6.20 Å². The molecular formula is C14H26N2O. The summed E-state index contributed by atoms with van der Waals surface area (Å²) in [5.41, 5.74) is 0.263. The number of hydrogen-bond acceptors (Lipinski definition) is 3. The fourth-order valence-corrected chi connectivity index (χ4v) is 1.73. The number of rotatable bonds is 7. The number of nitrogens with zero attached hydrogens (tertiary/aromatic N) is 1. The zero-order valence-electron chi connectivity index (χ0n) is 11.7. The van der Waals surface area contributed by atoms with Crippen LogP contribution in [-0.2, 0) is 12.8 Å². The number of aryl methyl sites for hydroxylation is 1. The van der Waals surface area contributed by atoms with Gasteiger partial charge in [-0.25, -0.2) is 4.98 Å². The van der Waals surface area contributed by atoms with Gasteiger partial charge < -0.3 is 9.73 Å². The van der Waals surface area contributed by atoms with Crippen molar-refractivity contribution in [1.82, 2.24) is 10.3 Å². The van der Waals surface area contributed by atoms with Crippen LogP contribution in [0, 0.1) is 5.41 Å². The van der Waals surface area contributed by atoms with E-state index >= 15 is 0 Å². The van der Waals surface area contributed by atoms with E-state index < -0.39 is 0 Å². The molecule has 0 aromatic carbocycles. The monoisotopic (exact) mass is 238 g/mol. The van der Waals surface area contributed by atoms with E-state index in [2.05, 4.69) is 38.0 Å². The first-order valence-electron chi connectivity index (χ1n) is 6.65. The normalized spacial score (nSPS) is 12.0. The Labute approximate surface area is 105 Å². The first-order valence-corrected chi connectivity index (χ1v) is 6.65. The van der Waals surface area contributed by atoms with E-state index in [9.17, 15) is 0 Å². The van der Waals surface area contributed by atoms with Gasteiger partial charge in [0, 0.05) is 12.8 Å². The molecule has 1 aromatic rings. The third-order valence-corrected chi connectivity index (χ3v) is 2.48. The van der Waals surface area contributed by atoms with Crippen molar-refractivity contribution in [1.29, 1.82) is 0 Å². The molecule has 1 aromatic heterocycles. The molecule has 0 amide bonds. The summed E-state index contributed by atoms with van der Waals surface area (Å²) in [7, 11) is 0. The molecule has 98 valence electrons. The molecule has 0 fully saturated rings. The minimum Gasteiger partial charge on any atom is -0.446 e. The summed E-state index contributed by atoms with van der Waals surface area (Å²) in [5, 5.41) is 3.38. The molecule has 1 N–H and O–H groups in total. The van der Waals surface area contributed by atoms with Crippen molar-refractivity contribution in [2.24, 2.45) is 5.41 Å². The highest BCUT2D eigenvalue weighted by atomic mass is 16.4. The molecule has 1 heterocycles. The molecule has 0 unspecified atom stereocenters. The quantitative estimate of drug-likeness (QED) is 0.741. The first-order chi connectivity index (χ1) is 8.01. The summed E-state index contributed by atoms with van der Waals surface area (Å²) < 4.78 is 5.73. The Balaban J connectivity index is 2.26. The van der Waals surface area contributed by atoms with E-state index in [1.165, 1.54) is 6.42 Å². The Morgan fingerprint density at radius 3 is 2.71 bits per heavy atom. The molecule has 0 spiro atoms. The fraction of sp³-hybridized carbons (Fsp3) is 0.786. The second kappa shape index (κ2) is 6.80. The predicted molar refractivity (Wildman–Crippen MR) is 71.1 cm³/mol. The topological polar surface area (TPSA) is 38.1 Å². The third-order valence-electron chi connectivity index (χ3n) is 2.48. The van der Waals surface area contributed by atoms with Crippen LogP contribution in [0.4, 0.5) is 0 Å². The maximum atomic E-state index is 5.73. The van der Waals surface area contributed by atoms with Gasteiger partial charge >= 0.3 is 0 Å². The molecule has 3 heteroatoms. The second-order valence-corrected chi connectivity index (χ2v) is 5.81. The van der Waals surface area contributed by atoms with E-state index in [4.69, 9.17) is 4.42 Å². The minimum atomic E-state index is 0.263. The Hall–Kier alpha value is -0.830. The summed E-state index contributed by atoms with van der Waals surface area (Å²) in [4.78, 5) is 4.32. The molecule has 0 aliphatic carbocycles. The summed E-state index contributed by atoms with van der Waals surface area (Å²) >= 11 is 0. The van der Waals surface area contributed by atoms with Gasteiger partial charge in [-0.2, -0.15) is 0 Å². The van der Waals surface area contributed by atoms with E-state index in [0.29, 0.717) is 0 Å². The molecule has 0 aliphatic heterocycles. The summed E-state index contributed by atoms with van der Waals surface area (Å²) in [6.07, 6.45) is 6.04. The number of aromatic nitrogens is 1. The van der Waals surface area contributed by atoms with Crippen molar-refractivity contribution < 1.29 is 4.42 Å². The van der Waals surface area contributed by atoms with Crippen molar-refractivity contribution >= 4 is 0 Å². The average Bonchev–Trinajstić information content (AvgIpc) is 2.63. The highest BCUT2D eigenvalue weighted by Gasteiger charge is 2.14. The molecule has 0 radical (unpaired) electrons. The van der Waals surface area contributed by atoms with Crippen LogP contribution in [0.2, 0.25) is 0 Å². The lowest BCUT2D eigenvalue weighted by molar-refractivity contribution is 0.351. The largest absolute Gasteiger partial charge is 0.446 e. The molecular weight excluding hydrogens is 212 g/mol. The van der Waals surface area contributed by atoms with Crippen LogP contribution >= 0.6 is 0 Å². The fourth-order valence-electron chi connectivity index (χ4n) is 1.73. The van der Waals surface area contributed by atoms with Crippen molar-refractivity contribution in [2.45, 2.75) is 53.4 Å². The number of hydrogen-bond donors (Lipinski definition) is 1. The summed E-state index contributed by atoms with van der Waals surface area (Å²) in [5.74, 6) is 1.89. The zero-order chi connectivity index (χ0) is 12.7. The first kappa shape index (κ1) is 14.2.